The van der Waals surface area contributed by atoms with Crippen LogP contribution in [0.3, 0.4) is 0 Å². The van der Waals surface area contributed by atoms with Gasteiger partial charge in [0.2, 0.25) is 0 Å². The van der Waals surface area contributed by atoms with Crippen molar-refractivity contribution in [3.63, 3.8) is 0 Å². The highest BCUT2D eigenvalue weighted by Gasteiger charge is 2.08. The number of thiocarbonyl (C=S) groups is 1. The summed E-state index contributed by atoms with van der Waals surface area (Å²) in [5.41, 5.74) is 1.31. The maximum Gasteiger partial charge on any atom is 0.190 e. The van der Waals surface area contributed by atoms with E-state index < -0.39 is 5.82 Å². The van der Waals surface area contributed by atoms with Gasteiger partial charge >= 0.3 is 0 Å². The first-order chi connectivity index (χ1) is 10.5. The molecule has 0 bridgehead atoms. The van der Waals surface area contributed by atoms with Crippen molar-refractivity contribution in [2.24, 2.45) is 0 Å². The second-order valence-corrected chi connectivity index (χ2v) is 6.57. The third kappa shape index (κ3) is 3.30. The molecular formula is C14H8Cl2FN3S2. The summed E-state index contributed by atoms with van der Waals surface area (Å²) in [6.07, 6.45) is 0. The molecule has 112 valence electrons. The van der Waals surface area contributed by atoms with E-state index >= 15 is 0 Å². The van der Waals surface area contributed by atoms with E-state index in [4.69, 9.17) is 35.4 Å². The fourth-order valence-corrected chi connectivity index (χ4v) is 3.43. The minimum Gasteiger partial charge on any atom is -0.332 e. The number of benzene rings is 2. The van der Waals surface area contributed by atoms with Gasteiger partial charge in [0.25, 0.3) is 0 Å². The van der Waals surface area contributed by atoms with Crippen LogP contribution in [0.25, 0.3) is 10.2 Å². The Hall–Kier alpha value is -1.47. The maximum absolute atomic E-state index is 13.1. The molecule has 0 radical (unpaired) electrons. The number of fused-ring (bicyclic) bond motifs is 1. The molecule has 0 unspecified atom stereocenters. The summed E-state index contributed by atoms with van der Waals surface area (Å²) in [5, 5.41) is 7.46. The first-order valence-electron chi connectivity index (χ1n) is 6.11. The third-order valence-corrected chi connectivity index (χ3v) is 4.50. The van der Waals surface area contributed by atoms with E-state index in [1.807, 2.05) is 12.1 Å². The number of halogens is 3. The number of nitrogens with zero attached hydrogens (tertiary/aromatic N) is 1. The zero-order chi connectivity index (χ0) is 15.7. The van der Waals surface area contributed by atoms with Crippen LogP contribution in [0.4, 0.5) is 15.2 Å². The monoisotopic (exact) mass is 371 g/mol. The molecule has 3 aromatic rings. The van der Waals surface area contributed by atoms with Crippen molar-refractivity contribution >= 4 is 72.9 Å². The van der Waals surface area contributed by atoms with Gasteiger partial charge in [0, 0.05) is 5.69 Å². The topological polar surface area (TPSA) is 37.0 Å². The van der Waals surface area contributed by atoms with Gasteiger partial charge < -0.3 is 10.6 Å². The van der Waals surface area contributed by atoms with Crippen LogP contribution in [0.5, 0.6) is 0 Å². The lowest BCUT2D eigenvalue weighted by molar-refractivity contribution is 0.628. The highest BCUT2D eigenvalue weighted by atomic mass is 35.5. The minimum absolute atomic E-state index is 0.0274. The zero-order valence-electron chi connectivity index (χ0n) is 10.9. The Bertz CT molecular complexity index is 866. The molecule has 8 heteroatoms. The van der Waals surface area contributed by atoms with E-state index in [0.29, 0.717) is 21.0 Å². The van der Waals surface area contributed by atoms with Gasteiger partial charge in [-0.2, -0.15) is 0 Å². The summed E-state index contributed by atoms with van der Waals surface area (Å²) in [6.45, 7) is 0. The van der Waals surface area contributed by atoms with Crippen LogP contribution in [-0.4, -0.2) is 10.1 Å². The molecule has 0 aliphatic rings. The van der Waals surface area contributed by atoms with Crippen molar-refractivity contribution in [3.8, 4) is 0 Å². The molecule has 2 aromatic carbocycles. The predicted molar refractivity (Wildman–Crippen MR) is 95.9 cm³/mol. The van der Waals surface area contributed by atoms with Gasteiger partial charge in [0.15, 0.2) is 10.2 Å². The van der Waals surface area contributed by atoms with Gasteiger partial charge in [-0.15, -0.1) is 0 Å². The summed E-state index contributed by atoms with van der Waals surface area (Å²) in [4.78, 5) is 4.39. The molecule has 0 aliphatic carbocycles. The van der Waals surface area contributed by atoms with Crippen molar-refractivity contribution in [2.75, 3.05) is 10.6 Å². The highest BCUT2D eigenvalue weighted by molar-refractivity contribution is 7.80. The Morgan fingerprint density at radius 2 is 1.95 bits per heavy atom. The fourth-order valence-electron chi connectivity index (χ4n) is 1.80. The molecule has 1 aromatic heterocycles. The quantitative estimate of drug-likeness (QED) is 0.579. The molecule has 3 rings (SSSR count). The lowest BCUT2D eigenvalue weighted by Crippen LogP contribution is -2.18. The minimum atomic E-state index is -0.480. The average Bonchev–Trinajstić information content (AvgIpc) is 2.87. The predicted octanol–water partition coefficient (Wildman–Crippen LogP) is 5.55. The van der Waals surface area contributed by atoms with E-state index in [2.05, 4.69) is 15.6 Å². The van der Waals surface area contributed by atoms with Crippen molar-refractivity contribution in [2.45, 2.75) is 0 Å². The number of thiazole rings is 1. The van der Waals surface area contributed by atoms with Crippen LogP contribution in [0.15, 0.2) is 36.4 Å². The van der Waals surface area contributed by atoms with Crippen LogP contribution in [0, 0.1) is 5.82 Å². The van der Waals surface area contributed by atoms with Gasteiger partial charge in [-0.25, -0.2) is 9.37 Å². The average molecular weight is 372 g/mol. The Labute approximate surface area is 145 Å². The number of hydrogen-bond donors (Lipinski definition) is 2. The van der Waals surface area contributed by atoms with E-state index in [1.54, 1.807) is 12.1 Å². The van der Waals surface area contributed by atoms with Crippen LogP contribution < -0.4 is 10.6 Å². The molecular weight excluding hydrogens is 364 g/mol. The Balaban J connectivity index is 1.75. The van der Waals surface area contributed by atoms with Crippen LogP contribution in [-0.2, 0) is 0 Å². The number of anilines is 2. The fraction of sp³-hybridized carbons (Fsp3) is 0. The normalized spacial score (nSPS) is 10.7. The summed E-state index contributed by atoms with van der Waals surface area (Å²) in [7, 11) is 0. The smallest absolute Gasteiger partial charge is 0.190 e. The molecule has 0 saturated heterocycles. The molecule has 0 amide bonds. The van der Waals surface area contributed by atoms with E-state index in [-0.39, 0.29) is 5.02 Å². The van der Waals surface area contributed by atoms with Crippen molar-refractivity contribution < 1.29 is 4.39 Å². The first kappa shape index (κ1) is 15.4. The second kappa shape index (κ2) is 6.34. The molecule has 0 aliphatic heterocycles. The van der Waals surface area contributed by atoms with E-state index in [1.165, 1.54) is 23.5 Å². The van der Waals surface area contributed by atoms with E-state index in [9.17, 15) is 4.39 Å². The summed E-state index contributed by atoms with van der Waals surface area (Å²) in [5.74, 6) is -0.480. The number of aromatic nitrogens is 1. The van der Waals surface area contributed by atoms with Gasteiger partial charge in [-0.1, -0.05) is 40.6 Å². The van der Waals surface area contributed by atoms with Crippen LogP contribution >= 0.6 is 46.8 Å². The molecule has 3 nitrogen and oxygen atoms in total. The molecule has 0 atom stereocenters. The van der Waals surface area contributed by atoms with Gasteiger partial charge in [-0.3, -0.25) is 0 Å². The van der Waals surface area contributed by atoms with Crippen molar-refractivity contribution in [1.29, 1.82) is 0 Å². The Morgan fingerprint density at radius 3 is 2.68 bits per heavy atom. The Kier molecular flexibility index (Phi) is 4.44. The SMILES string of the molecule is Fc1ccc(NC(=S)Nc2nc3c(Cl)cccc3s2)cc1Cl. The third-order valence-electron chi connectivity index (χ3n) is 2.77. The number of nitrogens with one attached hydrogen (secondary N) is 2. The second-order valence-electron chi connectivity index (χ2n) is 4.31. The number of para-hydroxylation sites is 1. The largest absolute Gasteiger partial charge is 0.332 e. The lowest BCUT2D eigenvalue weighted by atomic mass is 10.3. The lowest BCUT2D eigenvalue weighted by Gasteiger charge is -2.08. The molecule has 0 fully saturated rings. The summed E-state index contributed by atoms with van der Waals surface area (Å²) in [6, 6.07) is 9.85. The Morgan fingerprint density at radius 1 is 1.14 bits per heavy atom. The standard InChI is InChI=1S/C14H8Cl2FN3S2/c15-8-2-1-3-11-12(8)19-14(22-11)20-13(21)18-7-4-5-10(17)9(16)6-7/h1-6H,(H2,18,19,20,21). The van der Waals surface area contributed by atoms with Gasteiger partial charge in [-0.05, 0) is 42.5 Å². The van der Waals surface area contributed by atoms with Gasteiger partial charge in [0.1, 0.15) is 11.3 Å². The molecule has 0 saturated carbocycles. The van der Waals surface area contributed by atoms with E-state index in [0.717, 1.165) is 10.2 Å². The number of rotatable bonds is 2. The van der Waals surface area contributed by atoms with Gasteiger partial charge in [0.05, 0.1) is 14.7 Å². The van der Waals surface area contributed by atoms with Crippen LogP contribution in [0.2, 0.25) is 10.0 Å². The van der Waals surface area contributed by atoms with Crippen molar-refractivity contribution in [1.82, 2.24) is 4.98 Å². The van der Waals surface area contributed by atoms with Crippen LogP contribution in [0.1, 0.15) is 0 Å². The molecule has 1 heterocycles. The summed E-state index contributed by atoms with van der Waals surface area (Å²) >= 11 is 18.5. The number of hydrogen-bond acceptors (Lipinski definition) is 3. The highest BCUT2D eigenvalue weighted by Crippen LogP contribution is 2.30. The first-order valence-corrected chi connectivity index (χ1v) is 8.09. The molecule has 22 heavy (non-hydrogen) atoms. The zero-order valence-corrected chi connectivity index (χ0v) is 14.0. The molecule has 2 N–H and O–H groups in total. The summed E-state index contributed by atoms with van der Waals surface area (Å²) < 4.78 is 14.1. The van der Waals surface area contributed by atoms with Crippen molar-refractivity contribution in [3.05, 3.63) is 52.3 Å². The molecule has 0 spiro atoms. The maximum atomic E-state index is 13.1.